The van der Waals surface area contributed by atoms with Crippen molar-refractivity contribution in [3.8, 4) is 0 Å². The fraction of sp³-hybridized carbons (Fsp3) is 0.444. The molecule has 5 rings (SSSR count). The van der Waals surface area contributed by atoms with Gasteiger partial charge < -0.3 is 15.2 Å². The lowest BCUT2D eigenvalue weighted by Crippen LogP contribution is -2.46. The van der Waals surface area contributed by atoms with Gasteiger partial charge in [0.25, 0.3) is 5.91 Å². The summed E-state index contributed by atoms with van der Waals surface area (Å²) in [5.41, 5.74) is 4.52. The molecule has 2 atom stereocenters. The van der Waals surface area contributed by atoms with E-state index in [1.54, 1.807) is 0 Å². The summed E-state index contributed by atoms with van der Waals surface area (Å²) in [5.74, 6) is 0.869. The molecule has 2 aliphatic carbocycles. The molecule has 4 nitrogen and oxygen atoms in total. The molecule has 4 heteroatoms. The Morgan fingerprint density at radius 2 is 1.90 bits per heavy atom. The van der Waals surface area contributed by atoms with Crippen LogP contribution in [0.25, 0.3) is 10.9 Å². The normalized spacial score (nSPS) is 21.3. The molecular weight excluding hydrogens is 382 g/mol. The molecule has 31 heavy (non-hydrogen) atoms. The zero-order chi connectivity index (χ0) is 21.2. The van der Waals surface area contributed by atoms with Gasteiger partial charge in [0.1, 0.15) is 5.69 Å². The van der Waals surface area contributed by atoms with Gasteiger partial charge in [0.2, 0.25) is 0 Å². The van der Waals surface area contributed by atoms with E-state index in [-0.39, 0.29) is 5.91 Å². The molecule has 2 N–H and O–H groups in total. The van der Waals surface area contributed by atoms with E-state index in [1.807, 2.05) is 0 Å². The number of benzene rings is 2. The van der Waals surface area contributed by atoms with Crippen LogP contribution in [0.4, 0.5) is 0 Å². The van der Waals surface area contributed by atoms with E-state index in [1.165, 1.54) is 36.8 Å². The van der Waals surface area contributed by atoms with Crippen molar-refractivity contribution in [3.63, 3.8) is 0 Å². The number of nitrogens with one attached hydrogen (secondary N) is 2. The molecule has 1 aromatic heterocycles. The Balaban J connectivity index is 1.26. The predicted octanol–water partition coefficient (Wildman–Crippen LogP) is 5.61. The third-order valence-corrected chi connectivity index (χ3v) is 7.05. The highest BCUT2D eigenvalue weighted by molar-refractivity contribution is 5.98. The Morgan fingerprint density at radius 1 is 1.06 bits per heavy atom. The van der Waals surface area contributed by atoms with Gasteiger partial charge in [-0.25, -0.2) is 0 Å². The standard InChI is InChI=1S/C27H33N3O/c1-2-30(24-10-6-9-23(17-24)28-18-19-7-4-3-5-8-19)27(31)26-16-22-15-21(20-11-12-20)13-14-25(22)29-26/h3-5,7-8,13-16,20,23-24,28-29H,2,6,9-12,17-18H2,1H3/t23-,24+/m1/s1. The topological polar surface area (TPSA) is 48.1 Å². The van der Waals surface area contributed by atoms with E-state index in [0.717, 1.165) is 48.4 Å². The molecule has 3 aromatic rings. The number of carbonyl (C=O) groups is 1. The molecule has 0 aliphatic heterocycles. The monoisotopic (exact) mass is 415 g/mol. The fourth-order valence-corrected chi connectivity index (χ4v) is 5.15. The average Bonchev–Trinajstić information content (AvgIpc) is 3.57. The Bertz CT molecular complexity index is 1040. The first-order chi connectivity index (χ1) is 15.2. The number of aromatic amines is 1. The SMILES string of the molecule is CCN(C(=O)c1cc2cc(C3CC3)ccc2[nH]1)[C@H]1CCC[C@@H](NCc2ccccc2)C1. The van der Waals surface area contributed by atoms with Gasteiger partial charge >= 0.3 is 0 Å². The van der Waals surface area contributed by atoms with Crippen molar-refractivity contribution < 1.29 is 4.79 Å². The summed E-state index contributed by atoms with van der Waals surface area (Å²) in [6.45, 7) is 3.74. The van der Waals surface area contributed by atoms with Crippen LogP contribution in [-0.4, -0.2) is 34.4 Å². The smallest absolute Gasteiger partial charge is 0.270 e. The highest BCUT2D eigenvalue weighted by Crippen LogP contribution is 2.41. The summed E-state index contributed by atoms with van der Waals surface area (Å²) in [5, 5.41) is 4.89. The first-order valence-corrected chi connectivity index (χ1v) is 11.9. The van der Waals surface area contributed by atoms with E-state index in [9.17, 15) is 4.79 Å². The van der Waals surface area contributed by atoms with Crippen molar-refractivity contribution in [1.82, 2.24) is 15.2 Å². The number of amides is 1. The molecule has 0 unspecified atom stereocenters. The second-order valence-corrected chi connectivity index (χ2v) is 9.28. The number of H-pyrrole nitrogens is 1. The number of nitrogens with zero attached hydrogens (tertiary/aromatic N) is 1. The molecule has 2 aromatic carbocycles. The Kier molecular flexibility index (Phi) is 5.82. The van der Waals surface area contributed by atoms with Crippen LogP contribution in [0.5, 0.6) is 0 Å². The third kappa shape index (κ3) is 4.54. The quantitative estimate of drug-likeness (QED) is 0.527. The molecule has 0 radical (unpaired) electrons. The van der Waals surface area contributed by atoms with Gasteiger partial charge in [-0.3, -0.25) is 4.79 Å². The van der Waals surface area contributed by atoms with Crippen molar-refractivity contribution in [2.45, 2.75) is 70.0 Å². The van der Waals surface area contributed by atoms with Crippen LogP contribution in [0, 0.1) is 0 Å². The Labute approximate surface area is 185 Å². The minimum absolute atomic E-state index is 0.139. The lowest BCUT2D eigenvalue weighted by molar-refractivity contribution is 0.0623. The summed E-state index contributed by atoms with van der Waals surface area (Å²) in [6, 6.07) is 20.0. The third-order valence-electron chi connectivity index (χ3n) is 7.05. The zero-order valence-electron chi connectivity index (χ0n) is 18.4. The van der Waals surface area contributed by atoms with Crippen LogP contribution in [0.3, 0.4) is 0 Å². The number of fused-ring (bicyclic) bond motifs is 1. The summed E-state index contributed by atoms with van der Waals surface area (Å²) in [6.07, 6.45) is 7.07. The molecule has 162 valence electrons. The van der Waals surface area contributed by atoms with Crippen molar-refractivity contribution in [2.75, 3.05) is 6.54 Å². The van der Waals surface area contributed by atoms with E-state index in [2.05, 4.69) is 76.7 Å². The van der Waals surface area contributed by atoms with Gasteiger partial charge in [0, 0.05) is 36.1 Å². The second-order valence-electron chi connectivity index (χ2n) is 9.28. The minimum Gasteiger partial charge on any atom is -0.351 e. The number of carbonyl (C=O) groups excluding carboxylic acids is 1. The summed E-state index contributed by atoms with van der Waals surface area (Å²) < 4.78 is 0. The van der Waals surface area contributed by atoms with E-state index >= 15 is 0 Å². The van der Waals surface area contributed by atoms with Gasteiger partial charge in [0.15, 0.2) is 0 Å². The molecule has 2 fully saturated rings. The van der Waals surface area contributed by atoms with Crippen LogP contribution >= 0.6 is 0 Å². The number of hydrogen-bond donors (Lipinski definition) is 2. The summed E-state index contributed by atoms with van der Waals surface area (Å²) in [7, 11) is 0. The van der Waals surface area contributed by atoms with Gasteiger partial charge in [-0.05, 0) is 80.7 Å². The highest BCUT2D eigenvalue weighted by atomic mass is 16.2. The molecule has 1 heterocycles. The largest absolute Gasteiger partial charge is 0.351 e. The number of rotatable bonds is 7. The van der Waals surface area contributed by atoms with Crippen LogP contribution in [0.2, 0.25) is 0 Å². The van der Waals surface area contributed by atoms with Gasteiger partial charge in [-0.15, -0.1) is 0 Å². The van der Waals surface area contributed by atoms with Crippen molar-refractivity contribution in [3.05, 3.63) is 71.4 Å². The maximum Gasteiger partial charge on any atom is 0.270 e. The molecular formula is C27H33N3O. The lowest BCUT2D eigenvalue weighted by atomic mass is 9.89. The highest BCUT2D eigenvalue weighted by Gasteiger charge is 2.30. The van der Waals surface area contributed by atoms with Crippen LogP contribution in [0.1, 0.15) is 73.0 Å². The van der Waals surface area contributed by atoms with Gasteiger partial charge in [0.05, 0.1) is 0 Å². The van der Waals surface area contributed by atoms with E-state index < -0.39 is 0 Å². The lowest BCUT2D eigenvalue weighted by Gasteiger charge is -2.37. The molecule has 0 spiro atoms. The van der Waals surface area contributed by atoms with Gasteiger partial charge in [-0.1, -0.05) is 36.4 Å². The Hall–Kier alpha value is -2.59. The second kappa shape index (κ2) is 8.88. The number of hydrogen-bond acceptors (Lipinski definition) is 2. The first kappa shape index (κ1) is 20.3. The molecule has 0 saturated heterocycles. The molecule has 2 aliphatic rings. The molecule has 0 bridgehead atoms. The zero-order valence-corrected chi connectivity index (χ0v) is 18.4. The van der Waals surface area contributed by atoms with Crippen LogP contribution in [-0.2, 0) is 6.54 Å². The predicted molar refractivity (Wildman–Crippen MR) is 126 cm³/mol. The summed E-state index contributed by atoms with van der Waals surface area (Å²) >= 11 is 0. The first-order valence-electron chi connectivity index (χ1n) is 11.9. The fourth-order valence-electron chi connectivity index (χ4n) is 5.15. The molecule has 2 saturated carbocycles. The van der Waals surface area contributed by atoms with Crippen LogP contribution < -0.4 is 5.32 Å². The summed E-state index contributed by atoms with van der Waals surface area (Å²) in [4.78, 5) is 18.9. The van der Waals surface area contributed by atoms with Crippen LogP contribution in [0.15, 0.2) is 54.6 Å². The minimum atomic E-state index is 0.139. The number of aromatic nitrogens is 1. The van der Waals surface area contributed by atoms with E-state index in [4.69, 9.17) is 0 Å². The maximum atomic E-state index is 13.4. The average molecular weight is 416 g/mol. The van der Waals surface area contributed by atoms with Crippen molar-refractivity contribution in [2.24, 2.45) is 0 Å². The van der Waals surface area contributed by atoms with E-state index in [0.29, 0.717) is 12.1 Å². The maximum absolute atomic E-state index is 13.4. The van der Waals surface area contributed by atoms with Crippen molar-refractivity contribution in [1.29, 1.82) is 0 Å². The van der Waals surface area contributed by atoms with Gasteiger partial charge in [-0.2, -0.15) is 0 Å². The molecule has 1 amide bonds. The Morgan fingerprint density at radius 3 is 2.68 bits per heavy atom. The van der Waals surface area contributed by atoms with Crippen molar-refractivity contribution >= 4 is 16.8 Å².